The van der Waals surface area contributed by atoms with Gasteiger partial charge in [0.2, 0.25) is 5.91 Å². The topological polar surface area (TPSA) is 67.4 Å². The molecule has 0 rings (SSSR count). The Labute approximate surface area is 90.6 Å². The molecular formula is C10H20N2O3. The molecule has 88 valence electrons. The van der Waals surface area contributed by atoms with Gasteiger partial charge in [-0.05, 0) is 13.8 Å². The third-order valence-electron chi connectivity index (χ3n) is 1.79. The van der Waals surface area contributed by atoms with Gasteiger partial charge >= 0.3 is 5.97 Å². The second-order valence-corrected chi connectivity index (χ2v) is 3.78. The summed E-state index contributed by atoms with van der Waals surface area (Å²) in [5.41, 5.74) is 0. The fourth-order valence-corrected chi connectivity index (χ4v) is 1.06. The second-order valence-electron chi connectivity index (χ2n) is 3.78. The van der Waals surface area contributed by atoms with Gasteiger partial charge in [0, 0.05) is 12.6 Å². The van der Waals surface area contributed by atoms with Crippen LogP contribution in [0.3, 0.4) is 0 Å². The van der Waals surface area contributed by atoms with Gasteiger partial charge in [-0.25, -0.2) is 0 Å². The molecule has 5 nitrogen and oxygen atoms in total. The maximum absolute atomic E-state index is 11.2. The second kappa shape index (κ2) is 7.23. The van der Waals surface area contributed by atoms with Crippen molar-refractivity contribution in [3.8, 4) is 0 Å². The van der Waals surface area contributed by atoms with Crippen LogP contribution in [-0.4, -0.2) is 38.1 Å². The van der Waals surface area contributed by atoms with Crippen molar-refractivity contribution < 1.29 is 14.3 Å². The number of esters is 1. The fourth-order valence-electron chi connectivity index (χ4n) is 1.06. The lowest BCUT2D eigenvalue weighted by atomic mass is 10.2. The number of amides is 1. The van der Waals surface area contributed by atoms with E-state index < -0.39 is 0 Å². The van der Waals surface area contributed by atoms with Crippen LogP contribution in [0.25, 0.3) is 0 Å². The number of ether oxygens (including phenoxy) is 1. The molecule has 1 unspecified atom stereocenters. The smallest absolute Gasteiger partial charge is 0.309 e. The fraction of sp³-hybridized carbons (Fsp3) is 0.800. The van der Waals surface area contributed by atoms with Gasteiger partial charge in [0.25, 0.3) is 0 Å². The Morgan fingerprint density at radius 1 is 1.27 bits per heavy atom. The van der Waals surface area contributed by atoms with E-state index in [1.807, 2.05) is 13.8 Å². The first kappa shape index (κ1) is 13.9. The van der Waals surface area contributed by atoms with Crippen molar-refractivity contribution in [1.29, 1.82) is 0 Å². The lowest BCUT2D eigenvalue weighted by Crippen LogP contribution is -2.39. The molecule has 15 heavy (non-hydrogen) atoms. The maximum atomic E-state index is 11.2. The number of hydrogen-bond acceptors (Lipinski definition) is 4. The minimum Gasteiger partial charge on any atom is -0.469 e. The van der Waals surface area contributed by atoms with Crippen LogP contribution in [0, 0.1) is 5.92 Å². The van der Waals surface area contributed by atoms with Crippen LogP contribution >= 0.6 is 0 Å². The van der Waals surface area contributed by atoms with E-state index in [1.165, 1.54) is 7.11 Å². The highest BCUT2D eigenvalue weighted by atomic mass is 16.5. The monoisotopic (exact) mass is 216 g/mol. The molecule has 5 heteroatoms. The summed E-state index contributed by atoms with van der Waals surface area (Å²) >= 11 is 0. The average Bonchev–Trinajstić information content (AvgIpc) is 2.15. The third-order valence-corrected chi connectivity index (χ3v) is 1.79. The summed E-state index contributed by atoms with van der Waals surface area (Å²) in [5.74, 6) is -0.573. The standard InChI is InChI=1S/C10H20N2O3/c1-7(2)12-9(13)6-11-5-8(3)10(14)15-4/h7-8,11H,5-6H2,1-4H3,(H,12,13). The van der Waals surface area contributed by atoms with E-state index in [1.54, 1.807) is 6.92 Å². The predicted octanol–water partition coefficient (Wildman–Crippen LogP) is -0.0903. The molecule has 1 amide bonds. The SMILES string of the molecule is COC(=O)C(C)CNCC(=O)NC(C)C. The number of nitrogens with one attached hydrogen (secondary N) is 2. The quantitative estimate of drug-likeness (QED) is 0.609. The molecule has 0 radical (unpaired) electrons. The van der Waals surface area contributed by atoms with Gasteiger partial charge in [0.05, 0.1) is 19.6 Å². The molecule has 0 saturated heterocycles. The first-order valence-corrected chi connectivity index (χ1v) is 5.05. The molecular weight excluding hydrogens is 196 g/mol. The summed E-state index contributed by atoms with van der Waals surface area (Å²) in [6.45, 7) is 6.21. The van der Waals surface area contributed by atoms with Crippen LogP contribution in [-0.2, 0) is 14.3 Å². The highest BCUT2D eigenvalue weighted by Gasteiger charge is 2.12. The molecule has 0 bridgehead atoms. The molecule has 1 atom stereocenters. The molecule has 0 aromatic heterocycles. The van der Waals surface area contributed by atoms with Gasteiger partial charge in [0.15, 0.2) is 0 Å². The summed E-state index contributed by atoms with van der Waals surface area (Å²) < 4.78 is 4.55. The molecule has 0 saturated carbocycles. The maximum Gasteiger partial charge on any atom is 0.309 e. The summed E-state index contributed by atoms with van der Waals surface area (Å²) in [6.07, 6.45) is 0. The van der Waals surface area contributed by atoms with Crippen LogP contribution in [0.5, 0.6) is 0 Å². The molecule has 2 N–H and O–H groups in total. The Kier molecular flexibility index (Phi) is 6.70. The number of carbonyl (C=O) groups excluding carboxylic acids is 2. The lowest BCUT2D eigenvalue weighted by molar-refractivity contribution is -0.144. The van der Waals surface area contributed by atoms with Crippen molar-refractivity contribution in [3.05, 3.63) is 0 Å². The molecule has 0 aliphatic heterocycles. The zero-order valence-electron chi connectivity index (χ0n) is 9.79. The number of methoxy groups -OCH3 is 1. The minimum atomic E-state index is -0.272. The predicted molar refractivity (Wildman–Crippen MR) is 57.3 cm³/mol. The Balaban J connectivity index is 3.61. The lowest BCUT2D eigenvalue weighted by Gasteiger charge is -2.11. The van der Waals surface area contributed by atoms with Crippen molar-refractivity contribution in [2.45, 2.75) is 26.8 Å². The van der Waals surface area contributed by atoms with E-state index in [0.717, 1.165) is 0 Å². The Morgan fingerprint density at radius 3 is 2.33 bits per heavy atom. The van der Waals surface area contributed by atoms with Crippen LogP contribution in [0.2, 0.25) is 0 Å². The summed E-state index contributed by atoms with van der Waals surface area (Å²) in [5, 5.41) is 5.63. The van der Waals surface area contributed by atoms with Crippen LogP contribution < -0.4 is 10.6 Å². The normalized spacial score (nSPS) is 12.3. The van der Waals surface area contributed by atoms with Crippen molar-refractivity contribution in [1.82, 2.24) is 10.6 Å². The van der Waals surface area contributed by atoms with E-state index in [4.69, 9.17) is 0 Å². The number of rotatable bonds is 6. The van der Waals surface area contributed by atoms with Gasteiger partial charge in [-0.3, -0.25) is 9.59 Å². The zero-order chi connectivity index (χ0) is 11.8. The largest absolute Gasteiger partial charge is 0.469 e. The summed E-state index contributed by atoms with van der Waals surface area (Å²) in [6, 6.07) is 0.136. The molecule has 0 heterocycles. The minimum absolute atomic E-state index is 0.0675. The summed E-state index contributed by atoms with van der Waals surface area (Å²) in [4.78, 5) is 22.2. The van der Waals surface area contributed by atoms with Crippen LogP contribution in [0.4, 0.5) is 0 Å². The molecule has 0 spiro atoms. The van der Waals surface area contributed by atoms with Gasteiger partial charge in [-0.15, -0.1) is 0 Å². The molecule has 0 aromatic rings. The van der Waals surface area contributed by atoms with Crippen LogP contribution in [0.1, 0.15) is 20.8 Å². The van der Waals surface area contributed by atoms with Gasteiger partial charge < -0.3 is 15.4 Å². The van der Waals surface area contributed by atoms with Crippen LogP contribution in [0.15, 0.2) is 0 Å². The molecule has 0 fully saturated rings. The van der Waals surface area contributed by atoms with E-state index in [2.05, 4.69) is 15.4 Å². The zero-order valence-corrected chi connectivity index (χ0v) is 9.79. The highest BCUT2D eigenvalue weighted by Crippen LogP contribution is 1.94. The Hall–Kier alpha value is -1.10. The molecule has 0 aromatic carbocycles. The molecule has 0 aliphatic rings. The first-order chi connectivity index (χ1) is 6.97. The van der Waals surface area contributed by atoms with E-state index in [0.29, 0.717) is 6.54 Å². The third kappa shape index (κ3) is 6.90. The van der Waals surface area contributed by atoms with Gasteiger partial charge in [-0.2, -0.15) is 0 Å². The average molecular weight is 216 g/mol. The Morgan fingerprint density at radius 2 is 1.87 bits per heavy atom. The van der Waals surface area contributed by atoms with E-state index >= 15 is 0 Å². The first-order valence-electron chi connectivity index (χ1n) is 5.05. The van der Waals surface area contributed by atoms with E-state index in [-0.39, 0.29) is 30.4 Å². The summed E-state index contributed by atoms with van der Waals surface area (Å²) in [7, 11) is 1.35. The Bertz CT molecular complexity index is 217. The number of carbonyl (C=O) groups is 2. The van der Waals surface area contributed by atoms with Crippen molar-refractivity contribution in [2.24, 2.45) is 5.92 Å². The van der Waals surface area contributed by atoms with Crippen molar-refractivity contribution >= 4 is 11.9 Å². The number of hydrogen-bond donors (Lipinski definition) is 2. The highest BCUT2D eigenvalue weighted by molar-refractivity contribution is 5.78. The van der Waals surface area contributed by atoms with Crippen molar-refractivity contribution in [2.75, 3.05) is 20.2 Å². The van der Waals surface area contributed by atoms with Crippen molar-refractivity contribution in [3.63, 3.8) is 0 Å². The molecule has 0 aliphatic carbocycles. The van der Waals surface area contributed by atoms with E-state index in [9.17, 15) is 9.59 Å². The van der Waals surface area contributed by atoms with Gasteiger partial charge in [-0.1, -0.05) is 6.92 Å². The van der Waals surface area contributed by atoms with Gasteiger partial charge in [0.1, 0.15) is 0 Å².